The topological polar surface area (TPSA) is 58.5 Å². The smallest absolute Gasteiger partial charge is 0.218 e. The molecule has 22 heavy (non-hydrogen) atoms. The van der Waals surface area contributed by atoms with Crippen molar-refractivity contribution in [1.29, 1.82) is 0 Å². The van der Waals surface area contributed by atoms with E-state index in [0.29, 0.717) is 31.5 Å². The molecule has 122 valence electrons. The van der Waals surface area contributed by atoms with Crippen molar-refractivity contribution in [2.45, 2.75) is 33.2 Å². The van der Waals surface area contributed by atoms with E-state index < -0.39 is 0 Å². The fraction of sp³-hybridized carbons (Fsp3) is 0.500. The first-order chi connectivity index (χ1) is 10.3. The Morgan fingerprint density at radius 1 is 1.41 bits per heavy atom. The number of hydrogen-bond donors (Lipinski definition) is 2. The van der Waals surface area contributed by atoms with Crippen molar-refractivity contribution >= 4 is 29.9 Å². The van der Waals surface area contributed by atoms with Gasteiger partial charge < -0.3 is 15.4 Å². The van der Waals surface area contributed by atoms with Gasteiger partial charge in [0.25, 0.3) is 0 Å². The van der Waals surface area contributed by atoms with Crippen molar-refractivity contribution in [3.63, 3.8) is 0 Å². The molecule has 0 aliphatic rings. The van der Waals surface area contributed by atoms with Crippen LogP contribution in [0, 0.1) is 12.3 Å². The highest BCUT2D eigenvalue weighted by molar-refractivity contribution is 14.0. The van der Waals surface area contributed by atoms with E-state index in [2.05, 4.69) is 33.5 Å². The van der Waals surface area contributed by atoms with Crippen LogP contribution in [0.25, 0.3) is 0 Å². The maximum Gasteiger partial charge on any atom is 0.218 e. The first kappa shape index (κ1) is 20.5. The van der Waals surface area contributed by atoms with Crippen LogP contribution in [-0.4, -0.2) is 30.6 Å². The second-order valence-electron chi connectivity index (χ2n) is 4.42. The second-order valence-corrected chi connectivity index (χ2v) is 4.42. The Morgan fingerprint density at radius 2 is 2.23 bits per heavy atom. The maximum absolute atomic E-state index is 5.70. The molecular weight excluding hydrogens is 391 g/mol. The minimum absolute atomic E-state index is 0. The fourth-order valence-corrected chi connectivity index (χ4v) is 1.63. The van der Waals surface area contributed by atoms with E-state index in [-0.39, 0.29) is 24.0 Å². The summed E-state index contributed by atoms with van der Waals surface area (Å²) in [4.78, 5) is 8.76. The lowest BCUT2D eigenvalue weighted by atomic mass is 10.3. The Balaban J connectivity index is 0.00000441. The zero-order chi connectivity index (χ0) is 15.3. The molecule has 1 aromatic rings. The van der Waals surface area contributed by atoms with Crippen molar-refractivity contribution in [3.05, 3.63) is 23.9 Å². The average molecular weight is 416 g/mol. The molecular formula is C16H25IN4O. The van der Waals surface area contributed by atoms with Crippen LogP contribution >= 0.6 is 24.0 Å². The molecule has 0 fully saturated rings. The number of guanidine groups is 1. The molecule has 0 radical (unpaired) electrons. The lowest BCUT2D eigenvalue weighted by molar-refractivity contribution is 0.294. The van der Waals surface area contributed by atoms with Crippen LogP contribution < -0.4 is 15.4 Å². The van der Waals surface area contributed by atoms with Gasteiger partial charge in [0.05, 0.1) is 19.7 Å². The number of terminal acetylenes is 1. The largest absolute Gasteiger partial charge is 0.477 e. The summed E-state index contributed by atoms with van der Waals surface area (Å²) in [6.07, 6.45) is 9.10. The van der Waals surface area contributed by atoms with Gasteiger partial charge in [-0.3, -0.25) is 0 Å². The molecule has 0 aliphatic heterocycles. The minimum Gasteiger partial charge on any atom is -0.477 e. The van der Waals surface area contributed by atoms with Crippen LogP contribution in [0.3, 0.4) is 0 Å². The fourth-order valence-electron chi connectivity index (χ4n) is 1.63. The number of rotatable bonds is 8. The van der Waals surface area contributed by atoms with Crippen LogP contribution in [-0.2, 0) is 6.54 Å². The highest BCUT2D eigenvalue weighted by Crippen LogP contribution is 2.15. The van der Waals surface area contributed by atoms with Crippen LogP contribution in [0.15, 0.2) is 23.3 Å². The third-order valence-corrected chi connectivity index (χ3v) is 2.70. The number of ether oxygens (including phenoxy) is 1. The van der Waals surface area contributed by atoms with Gasteiger partial charge in [0, 0.05) is 18.3 Å². The number of aliphatic imine (C=N–C) groups is 1. The predicted octanol–water partition coefficient (Wildman–Crippen LogP) is 2.57. The highest BCUT2D eigenvalue weighted by Gasteiger charge is 2.04. The summed E-state index contributed by atoms with van der Waals surface area (Å²) < 4.78 is 5.70. The molecule has 0 atom stereocenters. The van der Waals surface area contributed by atoms with Crippen molar-refractivity contribution in [2.75, 3.05) is 19.7 Å². The molecule has 1 aromatic heterocycles. The zero-order valence-electron chi connectivity index (χ0n) is 13.3. The Kier molecular flexibility index (Phi) is 12.3. The Morgan fingerprint density at radius 3 is 2.91 bits per heavy atom. The van der Waals surface area contributed by atoms with Crippen LogP contribution in [0.2, 0.25) is 0 Å². The molecule has 0 bridgehead atoms. The minimum atomic E-state index is 0. The van der Waals surface area contributed by atoms with Gasteiger partial charge in [-0.2, -0.15) is 0 Å². The summed E-state index contributed by atoms with van der Waals surface area (Å²) in [5.41, 5.74) is 0.964. The molecule has 5 nitrogen and oxygen atoms in total. The number of aromatic nitrogens is 1. The third-order valence-electron chi connectivity index (χ3n) is 2.70. The second kappa shape index (κ2) is 13.2. The maximum atomic E-state index is 5.70. The Hall–Kier alpha value is -1.49. The lowest BCUT2D eigenvalue weighted by Gasteiger charge is -2.11. The van der Waals surface area contributed by atoms with Crippen LogP contribution in [0.5, 0.6) is 5.88 Å². The monoisotopic (exact) mass is 416 g/mol. The van der Waals surface area contributed by atoms with Gasteiger partial charge in [0.15, 0.2) is 5.96 Å². The summed E-state index contributed by atoms with van der Waals surface area (Å²) in [6, 6.07) is 3.86. The van der Waals surface area contributed by atoms with Crippen molar-refractivity contribution in [2.24, 2.45) is 4.99 Å². The molecule has 0 saturated heterocycles. The molecule has 0 aromatic carbocycles. The van der Waals surface area contributed by atoms with E-state index in [9.17, 15) is 0 Å². The normalized spacial score (nSPS) is 10.3. The first-order valence-corrected chi connectivity index (χ1v) is 7.34. The van der Waals surface area contributed by atoms with Gasteiger partial charge in [0.2, 0.25) is 5.88 Å². The summed E-state index contributed by atoms with van der Waals surface area (Å²) >= 11 is 0. The first-order valence-electron chi connectivity index (χ1n) is 7.34. The van der Waals surface area contributed by atoms with E-state index in [1.165, 1.54) is 0 Å². The van der Waals surface area contributed by atoms with Gasteiger partial charge in [-0.05, 0) is 19.4 Å². The lowest BCUT2D eigenvalue weighted by Crippen LogP contribution is -2.37. The quantitative estimate of drug-likeness (QED) is 0.225. The molecule has 1 heterocycles. The van der Waals surface area contributed by atoms with Crippen LogP contribution in [0.1, 0.15) is 32.3 Å². The van der Waals surface area contributed by atoms with Crippen molar-refractivity contribution < 1.29 is 4.74 Å². The van der Waals surface area contributed by atoms with Crippen LogP contribution in [0.4, 0.5) is 0 Å². The number of nitrogens with zero attached hydrogens (tertiary/aromatic N) is 2. The SMILES string of the molecule is C#CCNC(=NCc1cccnc1OCCCC)NCC.I. The number of unbranched alkanes of at least 4 members (excludes halogenated alkanes) is 1. The third kappa shape index (κ3) is 8.08. The highest BCUT2D eigenvalue weighted by atomic mass is 127. The molecule has 1 rings (SSSR count). The van der Waals surface area contributed by atoms with E-state index in [0.717, 1.165) is 24.9 Å². The van der Waals surface area contributed by atoms with Crippen molar-refractivity contribution in [1.82, 2.24) is 15.6 Å². The van der Waals surface area contributed by atoms with Gasteiger partial charge in [-0.15, -0.1) is 30.4 Å². The Labute approximate surface area is 150 Å². The molecule has 0 amide bonds. The molecule has 0 unspecified atom stereocenters. The van der Waals surface area contributed by atoms with Gasteiger partial charge in [-0.1, -0.05) is 25.3 Å². The van der Waals surface area contributed by atoms with E-state index in [1.54, 1.807) is 6.20 Å². The Bertz CT molecular complexity index is 485. The number of pyridine rings is 1. The van der Waals surface area contributed by atoms with Gasteiger partial charge in [0.1, 0.15) is 0 Å². The van der Waals surface area contributed by atoms with Gasteiger partial charge in [-0.25, -0.2) is 9.98 Å². The molecule has 2 N–H and O–H groups in total. The van der Waals surface area contributed by atoms with Gasteiger partial charge >= 0.3 is 0 Å². The molecule has 0 aliphatic carbocycles. The van der Waals surface area contributed by atoms with E-state index in [1.807, 2.05) is 19.1 Å². The number of hydrogen-bond acceptors (Lipinski definition) is 3. The van der Waals surface area contributed by atoms with Crippen molar-refractivity contribution in [3.8, 4) is 18.2 Å². The average Bonchev–Trinajstić information content (AvgIpc) is 2.51. The van der Waals surface area contributed by atoms with E-state index >= 15 is 0 Å². The summed E-state index contributed by atoms with van der Waals surface area (Å²) in [6.45, 7) is 6.54. The summed E-state index contributed by atoms with van der Waals surface area (Å²) in [5, 5.41) is 6.20. The standard InChI is InChI=1S/C16H24N4O.HI/c1-4-7-12-21-15-14(9-8-11-18-15)13-20-16(17-6-3)19-10-5-2;/h2,8-9,11H,4,6-7,10,12-13H2,1,3H3,(H2,17,19,20);1H. The predicted molar refractivity (Wildman–Crippen MR) is 102 cm³/mol. The molecule has 0 spiro atoms. The number of nitrogens with one attached hydrogen (secondary N) is 2. The molecule has 0 saturated carbocycles. The summed E-state index contributed by atoms with van der Waals surface area (Å²) in [7, 11) is 0. The molecule has 6 heteroatoms. The van der Waals surface area contributed by atoms with E-state index in [4.69, 9.17) is 11.2 Å². The number of halogens is 1. The summed E-state index contributed by atoms with van der Waals surface area (Å²) in [5.74, 6) is 3.88. The zero-order valence-corrected chi connectivity index (χ0v) is 15.6.